The van der Waals surface area contributed by atoms with E-state index in [0.717, 1.165) is 6.92 Å². The maximum atomic E-state index is 12.5. The van der Waals surface area contributed by atoms with E-state index < -0.39 is 30.1 Å². The molecular weight excluding hydrogens is 302 g/mol. The van der Waals surface area contributed by atoms with E-state index in [-0.39, 0.29) is 0 Å². The van der Waals surface area contributed by atoms with Crippen molar-refractivity contribution in [3.05, 3.63) is 30.3 Å². The first kappa shape index (κ1) is 17.3. The first-order valence-corrected chi connectivity index (χ1v) is 5.67. The van der Waals surface area contributed by atoms with E-state index in [1.165, 1.54) is 12.1 Å². The summed E-state index contributed by atoms with van der Waals surface area (Å²) in [5.74, 6) is 0. The summed E-state index contributed by atoms with van der Waals surface area (Å²) in [6.07, 6.45) is -13.4. The van der Waals surface area contributed by atoms with E-state index in [2.05, 4.69) is 10.5 Å². The summed E-state index contributed by atoms with van der Waals surface area (Å²) in [5, 5.41) is 12.4. The summed E-state index contributed by atoms with van der Waals surface area (Å²) in [6, 6.07) is 7.94. The van der Waals surface area contributed by atoms with Gasteiger partial charge in [-0.05, 0) is 19.1 Å². The summed E-state index contributed by atoms with van der Waals surface area (Å²) < 4.78 is 74.9. The molecule has 21 heavy (non-hydrogen) atoms. The molecule has 0 aliphatic rings. The van der Waals surface area contributed by atoms with Crippen LogP contribution in [0, 0.1) is 0 Å². The van der Waals surface area contributed by atoms with Crippen molar-refractivity contribution in [1.82, 2.24) is 0 Å². The topological polar surface area (TPSA) is 44.6 Å². The zero-order chi connectivity index (χ0) is 16.3. The number of hydrazone groups is 1. The first-order chi connectivity index (χ1) is 9.47. The Morgan fingerprint density at radius 3 is 1.95 bits per heavy atom. The molecule has 0 unspecified atom stereocenters. The van der Waals surface area contributed by atoms with Gasteiger partial charge in [0.1, 0.15) is 0 Å². The Labute approximate surface area is 116 Å². The third-order valence-electron chi connectivity index (χ3n) is 2.60. The molecule has 1 aromatic rings. The second-order valence-electron chi connectivity index (χ2n) is 4.36. The molecule has 0 aliphatic carbocycles. The lowest BCUT2D eigenvalue weighted by atomic mass is 9.95. The average molecular weight is 314 g/mol. The molecule has 0 spiro atoms. The van der Waals surface area contributed by atoms with E-state index >= 15 is 0 Å². The molecular formula is C12H12F6N2O. The molecule has 118 valence electrons. The van der Waals surface area contributed by atoms with Crippen molar-refractivity contribution >= 4 is 11.4 Å². The van der Waals surface area contributed by atoms with Crippen LogP contribution in [-0.4, -0.2) is 28.8 Å². The van der Waals surface area contributed by atoms with Gasteiger partial charge in [-0.3, -0.25) is 5.43 Å². The van der Waals surface area contributed by atoms with Crippen molar-refractivity contribution in [1.29, 1.82) is 0 Å². The molecule has 3 nitrogen and oxygen atoms in total. The molecule has 2 N–H and O–H groups in total. The van der Waals surface area contributed by atoms with Crippen LogP contribution >= 0.6 is 0 Å². The molecule has 0 saturated heterocycles. The SMILES string of the molecule is C/C(CC(O)(C(F)(F)F)C(F)(F)F)=N\Nc1ccccc1. The molecule has 0 heterocycles. The Morgan fingerprint density at radius 1 is 1.05 bits per heavy atom. The van der Waals surface area contributed by atoms with Crippen LogP contribution in [0.1, 0.15) is 13.3 Å². The Hall–Kier alpha value is -1.77. The van der Waals surface area contributed by atoms with Crippen LogP contribution in [0.15, 0.2) is 35.4 Å². The van der Waals surface area contributed by atoms with Crippen LogP contribution < -0.4 is 5.43 Å². The standard InChI is InChI=1S/C12H12F6N2O/c1-8(19-20-9-5-3-2-4-6-9)7-10(21,11(13,14)15)12(16,17)18/h2-6,20-21H,7H2,1H3/b19-8+. The summed E-state index contributed by atoms with van der Waals surface area (Å²) in [7, 11) is 0. The molecule has 0 aromatic heterocycles. The Morgan fingerprint density at radius 2 is 1.52 bits per heavy atom. The molecule has 0 radical (unpaired) electrons. The van der Waals surface area contributed by atoms with Crippen LogP contribution in [0.5, 0.6) is 0 Å². The number of halogens is 6. The highest BCUT2D eigenvalue weighted by molar-refractivity contribution is 5.83. The van der Waals surface area contributed by atoms with Crippen molar-refractivity contribution in [3.8, 4) is 0 Å². The second kappa shape index (κ2) is 5.92. The number of nitrogens with zero attached hydrogens (tertiary/aromatic N) is 1. The van der Waals surface area contributed by atoms with Gasteiger partial charge in [-0.15, -0.1) is 0 Å². The Kier molecular flexibility index (Phi) is 4.87. The lowest BCUT2D eigenvalue weighted by molar-refractivity contribution is -0.365. The quantitative estimate of drug-likeness (QED) is 0.505. The fourth-order valence-corrected chi connectivity index (χ4v) is 1.44. The zero-order valence-electron chi connectivity index (χ0n) is 10.8. The van der Waals surface area contributed by atoms with Gasteiger partial charge < -0.3 is 5.11 Å². The third kappa shape index (κ3) is 4.10. The minimum atomic E-state index is -5.85. The van der Waals surface area contributed by atoms with Crippen LogP contribution in [0.2, 0.25) is 0 Å². The van der Waals surface area contributed by atoms with Crippen molar-refractivity contribution in [2.75, 3.05) is 5.43 Å². The highest BCUT2D eigenvalue weighted by Crippen LogP contribution is 2.45. The number of para-hydroxylation sites is 1. The van der Waals surface area contributed by atoms with Gasteiger partial charge in [0.25, 0.3) is 5.60 Å². The molecule has 0 fully saturated rings. The van der Waals surface area contributed by atoms with E-state index in [0.29, 0.717) is 5.69 Å². The smallest absolute Gasteiger partial charge is 0.373 e. The van der Waals surface area contributed by atoms with Crippen LogP contribution in [0.3, 0.4) is 0 Å². The third-order valence-corrected chi connectivity index (χ3v) is 2.60. The molecule has 1 aromatic carbocycles. The summed E-state index contributed by atoms with van der Waals surface area (Å²) in [5.41, 5.74) is -2.67. The molecule has 0 atom stereocenters. The van der Waals surface area contributed by atoms with E-state index in [1.807, 2.05) is 0 Å². The molecule has 0 aliphatic heterocycles. The summed E-state index contributed by atoms with van der Waals surface area (Å²) >= 11 is 0. The lowest BCUT2D eigenvalue weighted by Gasteiger charge is -2.32. The van der Waals surface area contributed by atoms with E-state index in [4.69, 9.17) is 5.11 Å². The number of alkyl halides is 6. The lowest BCUT2D eigenvalue weighted by Crippen LogP contribution is -2.57. The van der Waals surface area contributed by atoms with Crippen molar-refractivity contribution < 1.29 is 31.4 Å². The number of aliphatic hydroxyl groups is 1. The molecule has 0 saturated carbocycles. The van der Waals surface area contributed by atoms with E-state index in [9.17, 15) is 26.3 Å². The fourth-order valence-electron chi connectivity index (χ4n) is 1.44. The summed E-state index contributed by atoms with van der Waals surface area (Å²) in [6.45, 7) is 0.957. The van der Waals surface area contributed by atoms with Crippen LogP contribution in [0.4, 0.5) is 32.0 Å². The normalized spacial score (nSPS) is 14.2. The molecule has 0 amide bonds. The number of rotatable bonds is 4. The monoisotopic (exact) mass is 314 g/mol. The molecule has 1 rings (SSSR count). The second-order valence-corrected chi connectivity index (χ2v) is 4.36. The maximum Gasteiger partial charge on any atom is 0.426 e. The largest absolute Gasteiger partial charge is 0.426 e. The van der Waals surface area contributed by atoms with Crippen LogP contribution in [0.25, 0.3) is 0 Å². The van der Waals surface area contributed by atoms with Crippen molar-refractivity contribution in [2.24, 2.45) is 5.10 Å². The average Bonchev–Trinajstić information content (AvgIpc) is 2.35. The Bertz CT molecular complexity index is 481. The number of benzene rings is 1. The fraction of sp³-hybridized carbons (Fsp3) is 0.417. The highest BCUT2D eigenvalue weighted by atomic mass is 19.4. The van der Waals surface area contributed by atoms with Gasteiger partial charge in [-0.1, -0.05) is 18.2 Å². The van der Waals surface area contributed by atoms with Gasteiger partial charge >= 0.3 is 12.4 Å². The Balaban J connectivity index is 2.90. The van der Waals surface area contributed by atoms with Gasteiger partial charge in [0, 0.05) is 12.1 Å². The minimum absolute atomic E-state index is 0.388. The number of hydrogen-bond acceptors (Lipinski definition) is 3. The minimum Gasteiger partial charge on any atom is -0.373 e. The highest BCUT2D eigenvalue weighted by Gasteiger charge is 2.70. The number of nitrogens with one attached hydrogen (secondary N) is 1. The zero-order valence-corrected chi connectivity index (χ0v) is 10.8. The van der Waals surface area contributed by atoms with Gasteiger partial charge in [0.15, 0.2) is 0 Å². The van der Waals surface area contributed by atoms with Gasteiger partial charge in [0.05, 0.1) is 5.69 Å². The van der Waals surface area contributed by atoms with Gasteiger partial charge in [0.2, 0.25) is 0 Å². The van der Waals surface area contributed by atoms with Crippen molar-refractivity contribution in [3.63, 3.8) is 0 Å². The van der Waals surface area contributed by atoms with Crippen molar-refractivity contribution in [2.45, 2.75) is 31.3 Å². The molecule has 9 heteroatoms. The molecule has 0 bridgehead atoms. The number of hydrogen-bond donors (Lipinski definition) is 2. The van der Waals surface area contributed by atoms with Gasteiger partial charge in [-0.25, -0.2) is 0 Å². The predicted octanol–water partition coefficient (Wildman–Crippen LogP) is 3.72. The van der Waals surface area contributed by atoms with Gasteiger partial charge in [-0.2, -0.15) is 31.4 Å². The summed E-state index contributed by atoms with van der Waals surface area (Å²) in [4.78, 5) is 0. The number of anilines is 1. The first-order valence-electron chi connectivity index (χ1n) is 5.67. The van der Waals surface area contributed by atoms with E-state index in [1.54, 1.807) is 18.2 Å². The van der Waals surface area contributed by atoms with Crippen LogP contribution in [-0.2, 0) is 0 Å². The maximum absolute atomic E-state index is 12.5. The predicted molar refractivity (Wildman–Crippen MR) is 64.9 cm³/mol.